The number of hydrogen-bond donors (Lipinski definition) is 0. The minimum absolute atomic E-state index is 0.0666. The maximum Gasteiger partial charge on any atom is 0.213 e. The molecule has 3 heteroatoms. The van der Waals surface area contributed by atoms with Crippen molar-refractivity contribution in [3.8, 4) is 33.6 Å². The van der Waals surface area contributed by atoms with Gasteiger partial charge in [-0.1, -0.05) is 121 Å². The Kier molecular flexibility index (Phi) is 9.47. The Labute approximate surface area is 334 Å². The van der Waals surface area contributed by atoms with Crippen LogP contribution in [-0.4, -0.2) is 4.57 Å². The summed E-state index contributed by atoms with van der Waals surface area (Å²) in [6, 6.07) is 42.5. The average molecular weight is 738 g/mol. The van der Waals surface area contributed by atoms with Crippen molar-refractivity contribution in [2.24, 2.45) is 5.92 Å². The van der Waals surface area contributed by atoms with Gasteiger partial charge in [0.1, 0.15) is 5.92 Å². The Hall–Kier alpha value is -5.02. The summed E-state index contributed by atoms with van der Waals surface area (Å²) in [4.78, 5) is 0. The standard InChI is InChI=1S/C53H59N3/c1-8-11-19-37(7)41-30-50-40-23-15-17-24-47(40)53(9-2,10-3)52(56(50)34-45(41)38-20-13-12-14-21-38)46-33-54-27-26-36(6)28-49(54)44-31-51-43(29-42(44)46)39-22-16-18-25-48(39)55(51)32-35(4)5/h12-18,20-31,34-35,37,46,52H,8-11,19,32-33H2,1-7H3/q+2. The number of aryl methyl sites for hydroxylation is 1. The third kappa shape index (κ3) is 5.75. The van der Waals surface area contributed by atoms with E-state index in [1.165, 1.54) is 97.0 Å². The van der Waals surface area contributed by atoms with E-state index >= 15 is 0 Å². The van der Waals surface area contributed by atoms with E-state index in [2.05, 4.69) is 184 Å². The van der Waals surface area contributed by atoms with Gasteiger partial charge in [-0.15, -0.1) is 0 Å². The van der Waals surface area contributed by atoms with Gasteiger partial charge in [0.2, 0.25) is 11.4 Å². The zero-order chi connectivity index (χ0) is 38.7. The third-order valence-electron chi connectivity index (χ3n) is 13.8. The van der Waals surface area contributed by atoms with Crippen molar-refractivity contribution in [1.29, 1.82) is 0 Å². The van der Waals surface area contributed by atoms with Crippen LogP contribution in [0.15, 0.2) is 122 Å². The van der Waals surface area contributed by atoms with Gasteiger partial charge in [-0.2, -0.15) is 9.13 Å². The summed E-state index contributed by atoms with van der Waals surface area (Å²) in [6.07, 6.45) is 10.8. The van der Waals surface area contributed by atoms with E-state index < -0.39 is 0 Å². The highest BCUT2D eigenvalue weighted by Gasteiger charge is 2.56. The number of nitrogens with zero attached hydrogens (tertiary/aromatic N) is 3. The molecule has 5 heterocycles. The van der Waals surface area contributed by atoms with E-state index in [0.29, 0.717) is 11.8 Å². The molecule has 3 nitrogen and oxygen atoms in total. The van der Waals surface area contributed by atoms with Crippen molar-refractivity contribution < 1.29 is 9.13 Å². The lowest BCUT2D eigenvalue weighted by Crippen LogP contribution is -2.60. The van der Waals surface area contributed by atoms with E-state index in [9.17, 15) is 0 Å². The Morgan fingerprint density at radius 3 is 2.25 bits per heavy atom. The Balaban J connectivity index is 1.37. The molecule has 9 rings (SSSR count). The molecule has 0 fully saturated rings. The molecule has 0 saturated carbocycles. The number of rotatable bonds is 10. The Bertz CT molecular complexity index is 2570. The molecule has 0 spiro atoms. The second kappa shape index (κ2) is 14.5. The largest absolute Gasteiger partial charge is 0.340 e. The van der Waals surface area contributed by atoms with Crippen LogP contribution in [0.3, 0.4) is 0 Å². The van der Waals surface area contributed by atoms with Gasteiger partial charge in [-0.05, 0) is 90.1 Å². The number of unbranched alkanes of at least 4 members (excludes halogenated alkanes) is 1. The molecule has 0 saturated heterocycles. The fourth-order valence-corrected chi connectivity index (χ4v) is 11.0. The van der Waals surface area contributed by atoms with Crippen LogP contribution in [0.25, 0.3) is 55.4 Å². The minimum atomic E-state index is -0.0666. The smallest absolute Gasteiger partial charge is 0.213 e. The fourth-order valence-electron chi connectivity index (χ4n) is 11.0. The molecule has 2 aliphatic rings. The van der Waals surface area contributed by atoms with Crippen molar-refractivity contribution in [1.82, 2.24) is 4.57 Å². The van der Waals surface area contributed by atoms with Crippen molar-refractivity contribution >= 4 is 21.8 Å². The first kappa shape index (κ1) is 36.6. The monoisotopic (exact) mass is 737 g/mol. The molecule has 0 bridgehead atoms. The van der Waals surface area contributed by atoms with Gasteiger partial charge in [0.15, 0.2) is 25.0 Å². The Morgan fingerprint density at radius 1 is 0.732 bits per heavy atom. The van der Waals surface area contributed by atoms with Crippen LogP contribution in [0.1, 0.15) is 114 Å². The lowest BCUT2D eigenvalue weighted by Gasteiger charge is -2.45. The van der Waals surface area contributed by atoms with Crippen LogP contribution in [0.5, 0.6) is 0 Å². The van der Waals surface area contributed by atoms with Gasteiger partial charge in [0.05, 0.1) is 16.5 Å². The molecule has 56 heavy (non-hydrogen) atoms. The quantitative estimate of drug-likeness (QED) is 0.124. The second-order valence-corrected chi connectivity index (χ2v) is 17.5. The van der Waals surface area contributed by atoms with E-state index in [1.54, 1.807) is 0 Å². The van der Waals surface area contributed by atoms with Crippen LogP contribution in [0.4, 0.5) is 0 Å². The van der Waals surface area contributed by atoms with Crippen LogP contribution in [0.2, 0.25) is 0 Å². The average Bonchev–Trinajstić information content (AvgIpc) is 3.52. The number of aromatic nitrogens is 3. The predicted octanol–water partition coefficient (Wildman–Crippen LogP) is 13.0. The minimum Gasteiger partial charge on any atom is -0.340 e. The highest BCUT2D eigenvalue weighted by Crippen LogP contribution is 2.55. The van der Waals surface area contributed by atoms with E-state index in [-0.39, 0.29) is 17.4 Å². The predicted molar refractivity (Wildman–Crippen MR) is 234 cm³/mol. The number of pyridine rings is 2. The highest BCUT2D eigenvalue weighted by atomic mass is 15.1. The SMILES string of the molecule is CCCCC(C)c1cc2[n+](cc1-c1ccccc1)C(C1C[n+]3ccc(C)cc3-c3cc4c(cc31)c1ccccc1n4CC(C)C)C(CC)(CC)c1ccccc1-2. The van der Waals surface area contributed by atoms with E-state index in [0.717, 1.165) is 25.9 Å². The third-order valence-corrected chi connectivity index (χ3v) is 13.8. The topological polar surface area (TPSA) is 12.7 Å². The lowest BCUT2D eigenvalue weighted by molar-refractivity contribution is -0.749. The zero-order valence-corrected chi connectivity index (χ0v) is 34.6. The molecule has 0 aliphatic carbocycles. The molecule has 3 aromatic heterocycles. The molecule has 284 valence electrons. The van der Waals surface area contributed by atoms with Crippen LogP contribution < -0.4 is 9.13 Å². The van der Waals surface area contributed by atoms with Crippen molar-refractivity contribution in [2.45, 2.75) is 117 Å². The molecule has 4 aromatic carbocycles. The number of hydrogen-bond acceptors (Lipinski definition) is 0. The van der Waals surface area contributed by atoms with Crippen molar-refractivity contribution in [3.63, 3.8) is 0 Å². The summed E-state index contributed by atoms with van der Waals surface area (Å²) < 4.78 is 7.96. The summed E-state index contributed by atoms with van der Waals surface area (Å²) in [5.41, 5.74) is 16.6. The maximum absolute atomic E-state index is 2.79. The molecule has 3 unspecified atom stereocenters. The molecular weight excluding hydrogens is 679 g/mol. The first-order valence-corrected chi connectivity index (χ1v) is 21.6. The van der Waals surface area contributed by atoms with Crippen LogP contribution in [0, 0.1) is 12.8 Å². The maximum atomic E-state index is 2.79. The molecule has 0 radical (unpaired) electrons. The van der Waals surface area contributed by atoms with Gasteiger partial charge in [-0.3, -0.25) is 0 Å². The fraction of sp³-hybridized carbons (Fsp3) is 0.358. The number of benzene rings is 4. The summed E-state index contributed by atoms with van der Waals surface area (Å²) in [5, 5.41) is 2.75. The second-order valence-electron chi connectivity index (χ2n) is 17.5. The first-order chi connectivity index (χ1) is 27.3. The highest BCUT2D eigenvalue weighted by molar-refractivity contribution is 6.09. The molecular formula is C53H59N3+2. The number of fused-ring (bicyclic) bond motifs is 9. The van der Waals surface area contributed by atoms with Crippen LogP contribution in [-0.2, 0) is 18.5 Å². The normalized spacial score (nSPS) is 17.4. The molecule has 3 atom stereocenters. The molecule has 2 aliphatic heterocycles. The summed E-state index contributed by atoms with van der Waals surface area (Å²) in [6.45, 7) is 18.5. The summed E-state index contributed by atoms with van der Waals surface area (Å²) >= 11 is 0. The summed E-state index contributed by atoms with van der Waals surface area (Å²) in [5.74, 6) is 1.24. The lowest BCUT2D eigenvalue weighted by atomic mass is 9.60. The van der Waals surface area contributed by atoms with Gasteiger partial charge < -0.3 is 4.57 Å². The van der Waals surface area contributed by atoms with E-state index in [1.807, 2.05) is 0 Å². The summed E-state index contributed by atoms with van der Waals surface area (Å²) in [7, 11) is 0. The molecule has 7 aromatic rings. The zero-order valence-electron chi connectivity index (χ0n) is 34.6. The van der Waals surface area contributed by atoms with Gasteiger partial charge >= 0.3 is 0 Å². The first-order valence-electron chi connectivity index (χ1n) is 21.6. The number of para-hydroxylation sites is 1. The van der Waals surface area contributed by atoms with Crippen molar-refractivity contribution in [2.75, 3.05) is 0 Å². The van der Waals surface area contributed by atoms with Gasteiger partial charge in [0.25, 0.3) is 0 Å². The van der Waals surface area contributed by atoms with Gasteiger partial charge in [-0.25, -0.2) is 0 Å². The van der Waals surface area contributed by atoms with Crippen LogP contribution >= 0.6 is 0 Å². The van der Waals surface area contributed by atoms with Gasteiger partial charge in [0, 0.05) is 52.1 Å². The van der Waals surface area contributed by atoms with E-state index in [4.69, 9.17) is 0 Å². The van der Waals surface area contributed by atoms with Crippen molar-refractivity contribution in [3.05, 3.63) is 144 Å². The Morgan fingerprint density at radius 2 is 1.48 bits per heavy atom. The molecule has 0 N–H and O–H groups in total. The molecule has 0 amide bonds.